The van der Waals surface area contributed by atoms with E-state index in [9.17, 15) is 4.79 Å². The number of benzene rings is 1. The van der Waals surface area contributed by atoms with E-state index in [-0.39, 0.29) is 5.56 Å². The summed E-state index contributed by atoms with van der Waals surface area (Å²) in [5.41, 5.74) is 4.00. The molecule has 0 bridgehead atoms. The van der Waals surface area contributed by atoms with Gasteiger partial charge in [-0.15, -0.1) is 0 Å². The van der Waals surface area contributed by atoms with Crippen molar-refractivity contribution in [3.8, 4) is 0 Å². The van der Waals surface area contributed by atoms with Crippen molar-refractivity contribution < 1.29 is 0 Å². The van der Waals surface area contributed by atoms with Gasteiger partial charge in [-0.2, -0.15) is 5.10 Å². The molecule has 0 spiro atoms. The molecule has 0 fully saturated rings. The van der Waals surface area contributed by atoms with Gasteiger partial charge in [0.2, 0.25) is 0 Å². The molecule has 0 radical (unpaired) electrons. The maximum Gasteiger partial charge on any atom is 0.261 e. The second kappa shape index (κ2) is 5.16. The van der Waals surface area contributed by atoms with Crippen LogP contribution in [0.1, 0.15) is 23.6 Å². The van der Waals surface area contributed by atoms with Gasteiger partial charge in [-0.1, -0.05) is 6.07 Å². The standard InChI is InChI=1S/C16H18N4O/c1-4-20-9-13(7-18-20)8-19-10-17-15-12(3)11(2)5-6-14(15)16(19)21/h5-7,9-10H,4,8H2,1-3H3. The lowest BCUT2D eigenvalue weighted by atomic mass is 10.1. The minimum atomic E-state index is -0.00708. The SMILES string of the molecule is CCn1cc(Cn2cnc3c(C)c(C)ccc3c2=O)cn1. The van der Waals surface area contributed by atoms with Crippen LogP contribution in [0.2, 0.25) is 0 Å². The number of fused-ring (bicyclic) bond motifs is 1. The van der Waals surface area contributed by atoms with Gasteiger partial charge in [0.05, 0.1) is 30.0 Å². The van der Waals surface area contributed by atoms with Crippen molar-refractivity contribution in [3.05, 3.63) is 57.9 Å². The highest BCUT2D eigenvalue weighted by Gasteiger charge is 2.08. The van der Waals surface area contributed by atoms with Crippen molar-refractivity contribution in [2.24, 2.45) is 0 Å². The van der Waals surface area contributed by atoms with Gasteiger partial charge >= 0.3 is 0 Å². The van der Waals surface area contributed by atoms with E-state index >= 15 is 0 Å². The number of nitrogens with zero attached hydrogens (tertiary/aromatic N) is 4. The third-order valence-electron chi connectivity index (χ3n) is 3.88. The lowest BCUT2D eigenvalue weighted by Gasteiger charge is -2.08. The topological polar surface area (TPSA) is 52.7 Å². The van der Waals surface area contributed by atoms with E-state index in [1.165, 1.54) is 0 Å². The zero-order chi connectivity index (χ0) is 15.0. The van der Waals surface area contributed by atoms with Gasteiger partial charge in [-0.3, -0.25) is 14.0 Å². The number of hydrogen-bond acceptors (Lipinski definition) is 3. The molecular weight excluding hydrogens is 264 g/mol. The van der Waals surface area contributed by atoms with Crippen molar-refractivity contribution >= 4 is 10.9 Å². The predicted molar refractivity (Wildman–Crippen MR) is 82.5 cm³/mol. The molecule has 5 heteroatoms. The highest BCUT2D eigenvalue weighted by atomic mass is 16.1. The fourth-order valence-electron chi connectivity index (χ4n) is 2.44. The van der Waals surface area contributed by atoms with E-state index < -0.39 is 0 Å². The molecule has 5 nitrogen and oxygen atoms in total. The molecule has 0 aliphatic heterocycles. The smallest absolute Gasteiger partial charge is 0.261 e. The number of hydrogen-bond donors (Lipinski definition) is 0. The fraction of sp³-hybridized carbons (Fsp3) is 0.312. The molecule has 0 amide bonds. The molecule has 0 aliphatic rings. The van der Waals surface area contributed by atoms with E-state index in [2.05, 4.69) is 10.1 Å². The number of aromatic nitrogens is 4. The Labute approximate surface area is 122 Å². The number of aryl methyl sites for hydroxylation is 3. The summed E-state index contributed by atoms with van der Waals surface area (Å²) < 4.78 is 3.48. The molecule has 108 valence electrons. The lowest BCUT2D eigenvalue weighted by molar-refractivity contribution is 0.657. The second-order valence-corrected chi connectivity index (χ2v) is 5.29. The van der Waals surface area contributed by atoms with E-state index in [0.717, 1.165) is 28.8 Å². The van der Waals surface area contributed by atoms with E-state index in [1.807, 2.05) is 43.8 Å². The average molecular weight is 282 g/mol. The van der Waals surface area contributed by atoms with Gasteiger partial charge < -0.3 is 0 Å². The first-order valence-corrected chi connectivity index (χ1v) is 7.07. The van der Waals surface area contributed by atoms with Crippen LogP contribution >= 0.6 is 0 Å². The third-order valence-corrected chi connectivity index (χ3v) is 3.88. The minimum absolute atomic E-state index is 0.00708. The third kappa shape index (κ3) is 2.35. The Morgan fingerprint density at radius 2 is 2.05 bits per heavy atom. The maximum atomic E-state index is 12.6. The Kier molecular flexibility index (Phi) is 3.33. The Morgan fingerprint density at radius 1 is 1.24 bits per heavy atom. The van der Waals surface area contributed by atoms with Gasteiger partial charge in [0.25, 0.3) is 5.56 Å². The van der Waals surface area contributed by atoms with Crippen LogP contribution in [0.3, 0.4) is 0 Å². The van der Waals surface area contributed by atoms with Crippen LogP contribution in [0.15, 0.2) is 35.6 Å². The summed E-state index contributed by atoms with van der Waals surface area (Å²) in [5, 5.41) is 4.90. The summed E-state index contributed by atoms with van der Waals surface area (Å²) in [6, 6.07) is 3.83. The van der Waals surface area contributed by atoms with Crippen LogP contribution in [-0.4, -0.2) is 19.3 Å². The van der Waals surface area contributed by atoms with E-state index in [4.69, 9.17) is 0 Å². The Hall–Kier alpha value is -2.43. The lowest BCUT2D eigenvalue weighted by Crippen LogP contribution is -2.21. The minimum Gasteiger partial charge on any atom is -0.294 e. The highest BCUT2D eigenvalue weighted by Crippen LogP contribution is 2.16. The van der Waals surface area contributed by atoms with E-state index in [1.54, 1.807) is 17.1 Å². The molecule has 2 heterocycles. The van der Waals surface area contributed by atoms with Gasteiger partial charge in [0.15, 0.2) is 0 Å². The molecule has 0 saturated heterocycles. The normalized spacial score (nSPS) is 11.2. The van der Waals surface area contributed by atoms with Gasteiger partial charge in [-0.25, -0.2) is 4.98 Å². The van der Waals surface area contributed by atoms with Crippen LogP contribution in [0.5, 0.6) is 0 Å². The molecule has 0 aliphatic carbocycles. The maximum absolute atomic E-state index is 12.6. The van der Waals surface area contributed by atoms with Gasteiger partial charge in [-0.05, 0) is 38.0 Å². The average Bonchev–Trinajstić information content (AvgIpc) is 2.93. The van der Waals surface area contributed by atoms with Crippen LogP contribution in [0.25, 0.3) is 10.9 Å². The van der Waals surface area contributed by atoms with Gasteiger partial charge in [0, 0.05) is 18.3 Å². The second-order valence-electron chi connectivity index (χ2n) is 5.29. The molecule has 3 rings (SSSR count). The van der Waals surface area contributed by atoms with E-state index in [0.29, 0.717) is 11.9 Å². The van der Waals surface area contributed by atoms with Crippen LogP contribution in [0, 0.1) is 13.8 Å². The van der Waals surface area contributed by atoms with Crippen LogP contribution in [-0.2, 0) is 13.1 Å². The zero-order valence-corrected chi connectivity index (χ0v) is 12.5. The molecule has 3 aromatic rings. The first kappa shape index (κ1) is 13.5. The van der Waals surface area contributed by atoms with Crippen molar-refractivity contribution in [1.82, 2.24) is 19.3 Å². The first-order valence-electron chi connectivity index (χ1n) is 7.07. The van der Waals surface area contributed by atoms with Crippen LogP contribution < -0.4 is 5.56 Å². The Morgan fingerprint density at radius 3 is 2.76 bits per heavy atom. The van der Waals surface area contributed by atoms with Gasteiger partial charge in [0.1, 0.15) is 0 Å². The predicted octanol–water partition coefficient (Wildman–Crippen LogP) is 2.28. The summed E-state index contributed by atoms with van der Waals surface area (Å²) >= 11 is 0. The highest BCUT2D eigenvalue weighted by molar-refractivity contribution is 5.81. The summed E-state index contributed by atoms with van der Waals surface area (Å²) in [4.78, 5) is 17.0. The molecule has 0 unspecified atom stereocenters. The summed E-state index contributed by atoms with van der Waals surface area (Å²) in [6.07, 6.45) is 5.37. The zero-order valence-electron chi connectivity index (χ0n) is 12.5. The molecule has 2 aromatic heterocycles. The first-order chi connectivity index (χ1) is 10.1. The summed E-state index contributed by atoms with van der Waals surface area (Å²) in [6.45, 7) is 7.38. The molecule has 0 atom stereocenters. The summed E-state index contributed by atoms with van der Waals surface area (Å²) in [5.74, 6) is 0. The Bertz CT molecular complexity index is 860. The van der Waals surface area contributed by atoms with Crippen molar-refractivity contribution in [1.29, 1.82) is 0 Å². The van der Waals surface area contributed by atoms with Crippen molar-refractivity contribution in [2.45, 2.75) is 33.9 Å². The molecular formula is C16H18N4O. The van der Waals surface area contributed by atoms with Crippen molar-refractivity contribution in [3.63, 3.8) is 0 Å². The molecule has 21 heavy (non-hydrogen) atoms. The van der Waals surface area contributed by atoms with Crippen molar-refractivity contribution in [2.75, 3.05) is 0 Å². The monoisotopic (exact) mass is 282 g/mol. The molecule has 0 N–H and O–H groups in total. The molecule has 1 aromatic carbocycles. The Balaban J connectivity index is 2.06. The number of rotatable bonds is 3. The molecule has 0 saturated carbocycles. The van der Waals surface area contributed by atoms with Crippen LogP contribution in [0.4, 0.5) is 0 Å². The summed E-state index contributed by atoms with van der Waals surface area (Å²) in [7, 11) is 0. The quantitative estimate of drug-likeness (QED) is 0.740. The largest absolute Gasteiger partial charge is 0.294 e. The fourth-order valence-corrected chi connectivity index (χ4v) is 2.44.